The highest BCUT2D eigenvalue weighted by Gasteiger charge is 2.19. The Labute approximate surface area is 107 Å². The van der Waals surface area contributed by atoms with Crippen molar-refractivity contribution < 1.29 is 0 Å². The average molecular weight is 265 g/mol. The van der Waals surface area contributed by atoms with Gasteiger partial charge in [-0.15, -0.1) is 10.2 Å². The van der Waals surface area contributed by atoms with Crippen LogP contribution in [0.4, 0.5) is 0 Å². The van der Waals surface area contributed by atoms with Crippen molar-refractivity contribution in [2.75, 3.05) is 0 Å². The van der Waals surface area contributed by atoms with E-state index in [2.05, 4.69) is 25.5 Å². The summed E-state index contributed by atoms with van der Waals surface area (Å²) < 4.78 is 0.869. The molecule has 1 aliphatic rings. The molecule has 17 heavy (non-hydrogen) atoms. The molecule has 7 heteroatoms. The lowest BCUT2D eigenvalue weighted by Gasteiger charge is -2.02. The Bertz CT molecular complexity index is 466. The number of nitrogens with zero attached hydrogens (tertiary/aromatic N) is 4. The molecule has 2 heterocycles. The second-order valence-electron chi connectivity index (χ2n) is 3.84. The normalized spacial score (nSPS) is 15.1. The molecule has 0 spiro atoms. The molecule has 1 N–H and O–H groups in total. The van der Waals surface area contributed by atoms with Crippen LogP contribution in [0.15, 0.2) is 27.4 Å². The molecule has 5 nitrogen and oxygen atoms in total. The van der Waals surface area contributed by atoms with Crippen LogP contribution in [-0.2, 0) is 6.54 Å². The van der Waals surface area contributed by atoms with E-state index >= 15 is 0 Å². The molecule has 0 aliphatic heterocycles. The fraction of sp³-hybridized carbons (Fsp3) is 0.400. The smallest absolute Gasteiger partial charge is 0.194 e. The van der Waals surface area contributed by atoms with Crippen LogP contribution < -0.4 is 5.32 Å². The molecule has 1 aliphatic carbocycles. The summed E-state index contributed by atoms with van der Waals surface area (Å²) in [6, 6.07) is 0.713. The topological polar surface area (TPSA) is 63.6 Å². The van der Waals surface area contributed by atoms with Gasteiger partial charge in [0, 0.05) is 30.5 Å². The lowest BCUT2D eigenvalue weighted by atomic mass is 10.3. The van der Waals surface area contributed by atoms with Gasteiger partial charge in [-0.3, -0.25) is 0 Å². The van der Waals surface area contributed by atoms with Crippen molar-refractivity contribution in [1.82, 2.24) is 25.5 Å². The molecule has 0 saturated heterocycles. The molecule has 1 saturated carbocycles. The maximum atomic E-state index is 4.30. The molecule has 3 rings (SSSR count). The minimum absolute atomic E-state index is 0.713. The van der Waals surface area contributed by atoms with Crippen molar-refractivity contribution in [2.45, 2.75) is 34.9 Å². The van der Waals surface area contributed by atoms with E-state index in [1.165, 1.54) is 35.9 Å². The number of aromatic nitrogens is 4. The van der Waals surface area contributed by atoms with Crippen molar-refractivity contribution in [1.29, 1.82) is 0 Å². The predicted octanol–water partition coefficient (Wildman–Crippen LogP) is 1.73. The van der Waals surface area contributed by atoms with Gasteiger partial charge in [-0.25, -0.2) is 9.97 Å². The highest BCUT2D eigenvalue weighted by molar-refractivity contribution is 8.00. The van der Waals surface area contributed by atoms with Gasteiger partial charge in [0.1, 0.15) is 5.51 Å². The highest BCUT2D eigenvalue weighted by atomic mass is 32.2. The van der Waals surface area contributed by atoms with Gasteiger partial charge in [0.05, 0.1) is 0 Å². The van der Waals surface area contributed by atoms with Crippen LogP contribution >= 0.6 is 23.1 Å². The van der Waals surface area contributed by atoms with Gasteiger partial charge in [-0.1, -0.05) is 11.3 Å². The van der Waals surface area contributed by atoms with Gasteiger partial charge < -0.3 is 5.32 Å². The van der Waals surface area contributed by atoms with Gasteiger partial charge in [0.25, 0.3) is 0 Å². The Kier molecular flexibility index (Phi) is 3.30. The summed E-state index contributed by atoms with van der Waals surface area (Å²) in [5.41, 5.74) is 2.83. The molecule has 0 aromatic carbocycles. The number of hydrogen-bond acceptors (Lipinski definition) is 7. The van der Waals surface area contributed by atoms with E-state index in [9.17, 15) is 0 Å². The van der Waals surface area contributed by atoms with E-state index in [0.717, 1.165) is 21.6 Å². The van der Waals surface area contributed by atoms with Gasteiger partial charge in [0.15, 0.2) is 9.50 Å². The van der Waals surface area contributed by atoms with E-state index in [1.807, 2.05) is 12.4 Å². The van der Waals surface area contributed by atoms with E-state index in [0.29, 0.717) is 6.04 Å². The Morgan fingerprint density at radius 3 is 2.82 bits per heavy atom. The largest absolute Gasteiger partial charge is 0.310 e. The standard InChI is InChI=1S/C10H11N5S2/c1-2-8(1)11-3-7-4-12-9(13-5-7)17-10-15-14-6-16-10/h4-6,8,11H,1-3H2. The molecule has 0 bridgehead atoms. The van der Waals surface area contributed by atoms with Crippen molar-refractivity contribution in [2.24, 2.45) is 0 Å². The predicted molar refractivity (Wildman–Crippen MR) is 65.9 cm³/mol. The zero-order chi connectivity index (χ0) is 11.5. The Hall–Kier alpha value is -1.05. The van der Waals surface area contributed by atoms with Crippen LogP contribution in [0.3, 0.4) is 0 Å². The Morgan fingerprint density at radius 2 is 2.18 bits per heavy atom. The lowest BCUT2D eigenvalue weighted by Crippen LogP contribution is -2.15. The molecular weight excluding hydrogens is 254 g/mol. The molecule has 2 aromatic heterocycles. The monoisotopic (exact) mass is 265 g/mol. The number of nitrogens with one attached hydrogen (secondary N) is 1. The fourth-order valence-electron chi connectivity index (χ4n) is 1.32. The first-order chi connectivity index (χ1) is 8.40. The van der Waals surface area contributed by atoms with Crippen LogP contribution in [0.2, 0.25) is 0 Å². The quantitative estimate of drug-likeness (QED) is 0.831. The summed E-state index contributed by atoms with van der Waals surface area (Å²) in [6.45, 7) is 0.856. The SMILES string of the molecule is c1nnc(Sc2ncc(CNC3CC3)cn2)s1. The summed E-state index contributed by atoms with van der Waals surface area (Å²) in [5, 5.41) is 11.9. The minimum Gasteiger partial charge on any atom is -0.310 e. The number of hydrogen-bond donors (Lipinski definition) is 1. The second-order valence-corrected chi connectivity index (χ2v) is 5.88. The zero-order valence-electron chi connectivity index (χ0n) is 9.04. The van der Waals surface area contributed by atoms with Gasteiger partial charge in [0.2, 0.25) is 0 Å². The van der Waals surface area contributed by atoms with Crippen molar-refractivity contribution >= 4 is 23.1 Å². The van der Waals surface area contributed by atoms with Gasteiger partial charge in [-0.2, -0.15) is 0 Å². The van der Waals surface area contributed by atoms with E-state index < -0.39 is 0 Å². The van der Waals surface area contributed by atoms with E-state index in [1.54, 1.807) is 5.51 Å². The lowest BCUT2D eigenvalue weighted by molar-refractivity contribution is 0.680. The molecular formula is C10H11N5S2. The van der Waals surface area contributed by atoms with Crippen LogP contribution in [0.5, 0.6) is 0 Å². The fourth-order valence-corrected chi connectivity index (χ4v) is 2.60. The highest BCUT2D eigenvalue weighted by Crippen LogP contribution is 2.25. The zero-order valence-corrected chi connectivity index (χ0v) is 10.7. The Balaban J connectivity index is 1.58. The van der Waals surface area contributed by atoms with E-state index in [4.69, 9.17) is 0 Å². The summed E-state index contributed by atoms with van der Waals surface area (Å²) in [7, 11) is 0. The molecule has 0 radical (unpaired) electrons. The number of rotatable bonds is 5. The van der Waals surface area contributed by atoms with Crippen molar-refractivity contribution in [3.8, 4) is 0 Å². The minimum atomic E-state index is 0.713. The first-order valence-electron chi connectivity index (χ1n) is 5.38. The van der Waals surface area contributed by atoms with E-state index in [-0.39, 0.29) is 0 Å². The molecule has 0 unspecified atom stereocenters. The van der Waals surface area contributed by atoms with Crippen molar-refractivity contribution in [3.63, 3.8) is 0 Å². The van der Waals surface area contributed by atoms with Gasteiger partial charge >= 0.3 is 0 Å². The molecule has 2 aromatic rings. The molecule has 1 fully saturated rings. The third-order valence-corrected chi connectivity index (χ3v) is 4.04. The third kappa shape index (κ3) is 3.21. The summed E-state index contributed by atoms with van der Waals surface area (Å²) in [6.07, 6.45) is 6.33. The second kappa shape index (κ2) is 5.07. The Morgan fingerprint density at radius 1 is 1.35 bits per heavy atom. The molecule has 0 atom stereocenters. The van der Waals surface area contributed by atoms with Crippen LogP contribution in [0.25, 0.3) is 0 Å². The van der Waals surface area contributed by atoms with Gasteiger partial charge in [-0.05, 0) is 24.6 Å². The molecule has 88 valence electrons. The first-order valence-corrected chi connectivity index (χ1v) is 7.08. The summed E-state index contributed by atoms with van der Waals surface area (Å²) in [5.74, 6) is 0. The van der Waals surface area contributed by atoms with Crippen LogP contribution in [-0.4, -0.2) is 26.2 Å². The molecule has 0 amide bonds. The third-order valence-electron chi connectivity index (χ3n) is 2.37. The maximum Gasteiger partial charge on any atom is 0.194 e. The first kappa shape index (κ1) is 11.1. The maximum absolute atomic E-state index is 4.30. The van der Waals surface area contributed by atoms with Crippen molar-refractivity contribution in [3.05, 3.63) is 23.5 Å². The van der Waals surface area contributed by atoms with Crippen LogP contribution in [0.1, 0.15) is 18.4 Å². The van der Waals surface area contributed by atoms with Crippen LogP contribution in [0, 0.1) is 0 Å². The summed E-state index contributed by atoms with van der Waals surface area (Å²) in [4.78, 5) is 8.61. The average Bonchev–Trinajstić information content (AvgIpc) is 3.05. The summed E-state index contributed by atoms with van der Waals surface area (Å²) >= 11 is 2.93.